The fraction of sp³-hybridized carbons (Fsp3) is 0. The van der Waals surface area contributed by atoms with Crippen LogP contribution in [0.15, 0.2) is 144 Å². The Hall–Kier alpha value is -5.88. The van der Waals surface area contributed by atoms with E-state index < -0.39 is 0 Å². The monoisotopic (exact) mass is 546 g/mol. The van der Waals surface area contributed by atoms with Crippen LogP contribution in [0.1, 0.15) is 33.4 Å². The van der Waals surface area contributed by atoms with E-state index in [-0.39, 0.29) is 11.6 Å². The van der Waals surface area contributed by atoms with Crippen molar-refractivity contribution in [3.63, 3.8) is 0 Å². The van der Waals surface area contributed by atoms with Crippen molar-refractivity contribution in [2.24, 2.45) is 10.2 Å². The molecule has 0 heterocycles. The van der Waals surface area contributed by atoms with E-state index in [9.17, 15) is 9.59 Å². The van der Waals surface area contributed by atoms with E-state index in [1.807, 2.05) is 121 Å². The van der Waals surface area contributed by atoms with Crippen molar-refractivity contribution in [2.75, 3.05) is 0 Å². The minimum atomic E-state index is -0.102. The first-order valence-electron chi connectivity index (χ1n) is 13.5. The zero-order valence-electron chi connectivity index (χ0n) is 22.6. The second-order valence-corrected chi connectivity index (χ2v) is 9.60. The lowest BCUT2D eigenvalue weighted by Gasteiger charge is -2.14. The number of allylic oxidation sites excluding steroid dienone is 4. The summed E-state index contributed by atoms with van der Waals surface area (Å²) in [5, 5.41) is 9.47. The zero-order chi connectivity index (χ0) is 28.7. The maximum absolute atomic E-state index is 12.7. The number of carbonyl (C=O) groups excluding carboxylic acids is 2. The van der Waals surface area contributed by atoms with Gasteiger partial charge in [0, 0.05) is 34.7 Å². The summed E-state index contributed by atoms with van der Waals surface area (Å²) in [6.07, 6.45) is 10.0. The average Bonchev–Trinajstić information content (AvgIpc) is 3.04. The smallest absolute Gasteiger partial charge is 0.188 e. The van der Waals surface area contributed by atoms with Gasteiger partial charge in [0.25, 0.3) is 0 Å². The molecule has 0 saturated carbocycles. The van der Waals surface area contributed by atoms with Gasteiger partial charge in [-0.05, 0) is 34.4 Å². The minimum Gasteiger partial charge on any atom is -0.289 e. The van der Waals surface area contributed by atoms with Gasteiger partial charge in [-0.1, -0.05) is 121 Å². The van der Waals surface area contributed by atoms with E-state index in [4.69, 9.17) is 10.2 Å². The topological polar surface area (TPSA) is 82.9 Å². The highest BCUT2D eigenvalue weighted by atomic mass is 16.1. The van der Waals surface area contributed by atoms with Crippen molar-refractivity contribution in [3.05, 3.63) is 167 Å². The van der Waals surface area contributed by atoms with Gasteiger partial charge in [-0.25, -0.2) is 0 Å². The first-order valence-corrected chi connectivity index (χ1v) is 13.5. The number of carbonyl (C=O) groups is 2. The molecule has 2 aliphatic carbocycles. The Morgan fingerprint density at radius 3 is 1.29 bits per heavy atom. The summed E-state index contributed by atoms with van der Waals surface area (Å²) in [5.74, 6) is -0.205. The number of benzene rings is 4. The summed E-state index contributed by atoms with van der Waals surface area (Å²) in [6.45, 7) is 0. The van der Waals surface area contributed by atoms with Crippen LogP contribution in [0.5, 0.6) is 0 Å². The standard InChI is InChI=1S/C36H26N4O2/c41-33-21-19-25-11-7-9-17-29(25)31(33)23-37-39-35(27-13-3-1-4-14-27)36(28-15-5-2-6-16-28)40-38-24-32-30-18-10-8-12-26(30)20-22-34(32)42/h1-24,37-38H. The summed E-state index contributed by atoms with van der Waals surface area (Å²) in [7, 11) is 0. The number of rotatable bonds is 7. The van der Waals surface area contributed by atoms with Gasteiger partial charge in [0.05, 0.1) is 0 Å². The normalized spacial score (nSPS) is 16.4. The molecule has 6 heteroatoms. The van der Waals surface area contributed by atoms with Crippen LogP contribution in [-0.4, -0.2) is 23.0 Å². The summed E-state index contributed by atoms with van der Waals surface area (Å²) in [4.78, 5) is 25.5. The Morgan fingerprint density at radius 2 is 0.857 bits per heavy atom. The fourth-order valence-corrected chi connectivity index (χ4v) is 4.87. The molecule has 0 atom stereocenters. The van der Waals surface area contributed by atoms with Crippen molar-refractivity contribution in [1.82, 2.24) is 10.9 Å². The summed E-state index contributed by atoms with van der Waals surface area (Å²) >= 11 is 0. The predicted octanol–water partition coefficient (Wildman–Crippen LogP) is 6.25. The van der Waals surface area contributed by atoms with E-state index in [1.54, 1.807) is 24.6 Å². The lowest BCUT2D eigenvalue weighted by atomic mass is 9.92. The fourth-order valence-electron chi connectivity index (χ4n) is 4.87. The van der Waals surface area contributed by atoms with Gasteiger partial charge < -0.3 is 0 Å². The molecule has 0 radical (unpaired) electrons. The summed E-state index contributed by atoms with van der Waals surface area (Å²) in [6, 6.07) is 34.8. The quantitative estimate of drug-likeness (QED) is 0.163. The highest BCUT2D eigenvalue weighted by molar-refractivity contribution is 6.53. The van der Waals surface area contributed by atoms with Crippen molar-refractivity contribution in [1.29, 1.82) is 0 Å². The molecule has 2 N–H and O–H groups in total. The first-order chi connectivity index (χ1) is 20.7. The van der Waals surface area contributed by atoms with Crippen molar-refractivity contribution in [2.45, 2.75) is 0 Å². The molecule has 4 aromatic rings. The number of hydrazone groups is 2. The third-order valence-electron chi connectivity index (χ3n) is 6.95. The Morgan fingerprint density at radius 1 is 0.476 bits per heavy atom. The number of ketones is 2. The number of hydrogen-bond acceptors (Lipinski definition) is 6. The molecule has 0 amide bonds. The summed E-state index contributed by atoms with van der Waals surface area (Å²) < 4.78 is 0. The van der Waals surface area contributed by atoms with Gasteiger partial charge in [-0.3, -0.25) is 20.4 Å². The second-order valence-electron chi connectivity index (χ2n) is 9.60. The minimum absolute atomic E-state index is 0.102. The van der Waals surface area contributed by atoms with Crippen LogP contribution < -0.4 is 10.9 Å². The van der Waals surface area contributed by atoms with Crippen LogP contribution in [0.25, 0.3) is 23.3 Å². The maximum Gasteiger partial charge on any atom is 0.188 e. The first kappa shape index (κ1) is 26.3. The van der Waals surface area contributed by atoms with Gasteiger partial charge in [0.15, 0.2) is 11.6 Å². The molecular weight excluding hydrogens is 520 g/mol. The van der Waals surface area contributed by atoms with E-state index in [1.165, 1.54) is 0 Å². The third kappa shape index (κ3) is 5.55. The molecule has 42 heavy (non-hydrogen) atoms. The van der Waals surface area contributed by atoms with Crippen molar-refractivity contribution >= 4 is 46.3 Å². The molecule has 6 nitrogen and oxygen atoms in total. The van der Waals surface area contributed by atoms with Gasteiger partial charge in [0.2, 0.25) is 0 Å². The molecule has 6 rings (SSSR count). The van der Waals surface area contributed by atoms with Crippen LogP contribution in [0.3, 0.4) is 0 Å². The molecular formula is C36H26N4O2. The lowest BCUT2D eigenvalue weighted by molar-refractivity contribution is -0.110. The highest BCUT2D eigenvalue weighted by Crippen LogP contribution is 2.27. The van der Waals surface area contributed by atoms with Crippen LogP contribution in [-0.2, 0) is 9.59 Å². The molecule has 0 aliphatic heterocycles. The number of nitrogens with one attached hydrogen (secondary N) is 2. The van der Waals surface area contributed by atoms with Crippen molar-refractivity contribution < 1.29 is 9.59 Å². The Bertz CT molecular complexity index is 1710. The average molecular weight is 547 g/mol. The summed E-state index contributed by atoms with van der Waals surface area (Å²) in [5.41, 5.74) is 13.4. The highest BCUT2D eigenvalue weighted by Gasteiger charge is 2.19. The maximum atomic E-state index is 12.7. The predicted molar refractivity (Wildman–Crippen MR) is 169 cm³/mol. The van der Waals surface area contributed by atoms with E-state index in [0.717, 1.165) is 33.4 Å². The Balaban J connectivity index is 1.40. The Labute approximate surface area is 243 Å². The van der Waals surface area contributed by atoms with Crippen LogP contribution in [0.2, 0.25) is 0 Å². The second kappa shape index (κ2) is 12.1. The molecule has 202 valence electrons. The van der Waals surface area contributed by atoms with Crippen molar-refractivity contribution in [3.8, 4) is 0 Å². The molecule has 0 fully saturated rings. The molecule has 0 aromatic heterocycles. The third-order valence-corrected chi connectivity index (χ3v) is 6.95. The molecule has 2 aliphatic rings. The zero-order valence-corrected chi connectivity index (χ0v) is 22.6. The van der Waals surface area contributed by atoms with Gasteiger partial charge in [-0.2, -0.15) is 10.2 Å². The Kier molecular flexibility index (Phi) is 7.59. The molecule has 0 spiro atoms. The molecule has 4 aromatic carbocycles. The van der Waals surface area contributed by atoms with E-state index in [0.29, 0.717) is 22.6 Å². The molecule has 0 bridgehead atoms. The van der Waals surface area contributed by atoms with Gasteiger partial charge >= 0.3 is 0 Å². The largest absolute Gasteiger partial charge is 0.289 e. The number of nitrogens with zero attached hydrogens (tertiary/aromatic N) is 2. The SMILES string of the molecule is O=C1C=Cc2ccccc2C1=CNN=C(C(=NNC=C1C(=O)C=Cc2ccccc21)c1ccccc1)c1ccccc1. The van der Waals surface area contributed by atoms with Gasteiger partial charge in [-0.15, -0.1) is 0 Å². The lowest BCUT2D eigenvalue weighted by Crippen LogP contribution is -2.22. The van der Waals surface area contributed by atoms with Crippen LogP contribution in [0.4, 0.5) is 0 Å². The van der Waals surface area contributed by atoms with Crippen LogP contribution >= 0.6 is 0 Å². The molecule has 0 unspecified atom stereocenters. The van der Waals surface area contributed by atoms with Gasteiger partial charge in [0.1, 0.15) is 11.4 Å². The van der Waals surface area contributed by atoms with E-state index in [2.05, 4.69) is 10.9 Å². The number of hydrogen-bond donors (Lipinski definition) is 2. The number of fused-ring (bicyclic) bond motifs is 2. The van der Waals surface area contributed by atoms with E-state index >= 15 is 0 Å². The molecule has 0 saturated heterocycles. The van der Waals surface area contributed by atoms with Crippen LogP contribution in [0, 0.1) is 0 Å².